The van der Waals surface area contributed by atoms with E-state index in [2.05, 4.69) is 5.32 Å². The van der Waals surface area contributed by atoms with Gasteiger partial charge in [0.2, 0.25) is 0 Å². The van der Waals surface area contributed by atoms with Gasteiger partial charge >= 0.3 is 12.0 Å². The SMILES string of the molecule is CC1CCCCCN1C(=O)Nc1ccc(F)c(C(=O)O)c1. The maximum absolute atomic E-state index is 13.3. The van der Waals surface area contributed by atoms with Crippen molar-refractivity contribution in [3.63, 3.8) is 0 Å². The van der Waals surface area contributed by atoms with Crippen molar-refractivity contribution in [2.75, 3.05) is 11.9 Å². The molecule has 1 saturated heterocycles. The van der Waals surface area contributed by atoms with Gasteiger partial charge in [-0.3, -0.25) is 0 Å². The van der Waals surface area contributed by atoms with Gasteiger partial charge in [-0.1, -0.05) is 12.8 Å². The van der Waals surface area contributed by atoms with Gasteiger partial charge in [0.15, 0.2) is 0 Å². The number of hydrogen-bond donors (Lipinski definition) is 2. The number of urea groups is 1. The van der Waals surface area contributed by atoms with Crippen LogP contribution in [0, 0.1) is 5.82 Å². The normalized spacial score (nSPS) is 19.0. The molecule has 0 bridgehead atoms. The van der Waals surface area contributed by atoms with Crippen LogP contribution >= 0.6 is 0 Å². The minimum absolute atomic E-state index is 0.145. The van der Waals surface area contributed by atoms with Crippen LogP contribution in [-0.4, -0.2) is 34.6 Å². The van der Waals surface area contributed by atoms with E-state index in [-0.39, 0.29) is 17.8 Å². The molecule has 1 aromatic carbocycles. The molecule has 0 saturated carbocycles. The Balaban J connectivity index is 2.11. The van der Waals surface area contributed by atoms with Gasteiger partial charge in [0.1, 0.15) is 5.82 Å². The number of hydrogen-bond acceptors (Lipinski definition) is 2. The smallest absolute Gasteiger partial charge is 0.338 e. The van der Waals surface area contributed by atoms with E-state index < -0.39 is 17.3 Å². The maximum Gasteiger partial charge on any atom is 0.338 e. The fourth-order valence-electron chi connectivity index (χ4n) is 2.54. The Morgan fingerprint density at radius 3 is 2.81 bits per heavy atom. The quantitative estimate of drug-likeness (QED) is 0.879. The van der Waals surface area contributed by atoms with Crippen molar-refractivity contribution in [1.82, 2.24) is 4.90 Å². The summed E-state index contributed by atoms with van der Waals surface area (Å²) in [5, 5.41) is 11.5. The summed E-state index contributed by atoms with van der Waals surface area (Å²) in [6.07, 6.45) is 4.12. The van der Waals surface area contributed by atoms with Crippen LogP contribution in [0.4, 0.5) is 14.9 Å². The highest BCUT2D eigenvalue weighted by Gasteiger charge is 2.22. The number of aromatic carboxylic acids is 1. The zero-order chi connectivity index (χ0) is 15.4. The molecule has 1 aliphatic heterocycles. The molecule has 2 amide bonds. The number of benzene rings is 1. The van der Waals surface area contributed by atoms with E-state index in [0.29, 0.717) is 6.54 Å². The van der Waals surface area contributed by atoms with Crippen LogP contribution in [0.5, 0.6) is 0 Å². The molecule has 2 N–H and O–H groups in total. The number of halogens is 1. The summed E-state index contributed by atoms with van der Waals surface area (Å²) in [5.74, 6) is -2.17. The first-order valence-electron chi connectivity index (χ1n) is 7.09. The number of anilines is 1. The molecule has 1 atom stereocenters. The van der Waals surface area contributed by atoms with E-state index in [9.17, 15) is 14.0 Å². The number of nitrogens with zero attached hydrogens (tertiary/aromatic N) is 1. The lowest BCUT2D eigenvalue weighted by Crippen LogP contribution is -2.41. The van der Waals surface area contributed by atoms with Crippen LogP contribution < -0.4 is 5.32 Å². The lowest BCUT2D eigenvalue weighted by atomic mass is 10.1. The highest BCUT2D eigenvalue weighted by molar-refractivity contribution is 5.93. The summed E-state index contributed by atoms with van der Waals surface area (Å²) < 4.78 is 13.3. The first-order valence-corrected chi connectivity index (χ1v) is 7.09. The first kappa shape index (κ1) is 15.3. The van der Waals surface area contributed by atoms with Gasteiger partial charge in [-0.05, 0) is 38.0 Å². The van der Waals surface area contributed by atoms with E-state index in [1.54, 1.807) is 4.90 Å². The molecule has 21 heavy (non-hydrogen) atoms. The van der Waals surface area contributed by atoms with Crippen LogP contribution in [0.1, 0.15) is 43.0 Å². The lowest BCUT2D eigenvalue weighted by molar-refractivity contribution is 0.0692. The molecule has 5 nitrogen and oxygen atoms in total. The van der Waals surface area contributed by atoms with Crippen LogP contribution in [-0.2, 0) is 0 Å². The highest BCUT2D eigenvalue weighted by atomic mass is 19.1. The second-order valence-electron chi connectivity index (χ2n) is 5.32. The van der Waals surface area contributed by atoms with Crippen LogP contribution in [0.25, 0.3) is 0 Å². The second-order valence-corrected chi connectivity index (χ2v) is 5.32. The number of nitrogens with one attached hydrogen (secondary N) is 1. The largest absolute Gasteiger partial charge is 0.478 e. The van der Waals surface area contributed by atoms with Gasteiger partial charge in [-0.15, -0.1) is 0 Å². The van der Waals surface area contributed by atoms with Crippen LogP contribution in [0.3, 0.4) is 0 Å². The fraction of sp³-hybridized carbons (Fsp3) is 0.467. The Hall–Kier alpha value is -2.11. The van der Waals surface area contributed by atoms with E-state index in [0.717, 1.165) is 37.8 Å². The van der Waals surface area contributed by atoms with Gasteiger partial charge < -0.3 is 15.3 Å². The average Bonchev–Trinajstić information content (AvgIpc) is 2.65. The maximum atomic E-state index is 13.3. The van der Waals surface area contributed by atoms with E-state index in [1.165, 1.54) is 6.07 Å². The average molecular weight is 294 g/mol. The molecular formula is C15H19FN2O3. The second kappa shape index (κ2) is 6.56. The zero-order valence-electron chi connectivity index (χ0n) is 11.9. The number of carbonyl (C=O) groups is 2. The molecule has 0 radical (unpaired) electrons. The molecule has 0 aromatic heterocycles. The van der Waals surface area contributed by atoms with Gasteiger partial charge in [0.05, 0.1) is 5.56 Å². The van der Waals surface area contributed by atoms with Gasteiger partial charge in [0, 0.05) is 18.3 Å². The molecule has 0 spiro atoms. The molecule has 1 fully saturated rings. The number of carboxylic acids is 1. The van der Waals surface area contributed by atoms with Crippen LogP contribution in [0.2, 0.25) is 0 Å². The standard InChI is InChI=1S/C15H19FN2O3/c1-10-5-3-2-4-8-18(10)15(21)17-11-6-7-13(16)12(9-11)14(19)20/h6-7,9-10H,2-5,8H2,1H3,(H,17,21)(H,19,20). The molecule has 0 aliphatic carbocycles. The van der Waals surface area contributed by atoms with Gasteiger partial charge in [-0.25, -0.2) is 14.0 Å². The summed E-state index contributed by atoms with van der Waals surface area (Å²) in [6.45, 7) is 2.68. The first-order chi connectivity index (χ1) is 9.99. The monoisotopic (exact) mass is 294 g/mol. The van der Waals surface area contributed by atoms with Crippen molar-refractivity contribution in [3.05, 3.63) is 29.6 Å². The van der Waals surface area contributed by atoms with Crippen molar-refractivity contribution < 1.29 is 19.1 Å². The summed E-state index contributed by atoms with van der Waals surface area (Å²) in [7, 11) is 0. The Bertz CT molecular complexity index is 548. The number of carbonyl (C=O) groups excluding carboxylic acids is 1. The third kappa shape index (κ3) is 3.71. The predicted octanol–water partition coefficient (Wildman–Crippen LogP) is 3.32. The summed E-state index contributed by atoms with van der Waals surface area (Å²) >= 11 is 0. The van der Waals surface area contributed by atoms with Crippen molar-refractivity contribution in [1.29, 1.82) is 0 Å². The minimum Gasteiger partial charge on any atom is -0.478 e. The Kier molecular flexibility index (Phi) is 4.77. The van der Waals surface area contributed by atoms with E-state index in [1.807, 2.05) is 6.92 Å². The summed E-state index contributed by atoms with van der Waals surface area (Å²) in [4.78, 5) is 24.9. The third-order valence-electron chi connectivity index (χ3n) is 3.76. The van der Waals surface area contributed by atoms with Crippen molar-refractivity contribution in [2.24, 2.45) is 0 Å². The zero-order valence-corrected chi connectivity index (χ0v) is 11.9. The number of carboxylic acid groups (broad SMARTS) is 1. The number of likely N-dealkylation sites (tertiary alicyclic amines) is 1. The predicted molar refractivity (Wildman–Crippen MR) is 77.0 cm³/mol. The molecule has 6 heteroatoms. The molecular weight excluding hydrogens is 275 g/mol. The molecule has 1 aliphatic rings. The topological polar surface area (TPSA) is 69.6 Å². The number of rotatable bonds is 2. The third-order valence-corrected chi connectivity index (χ3v) is 3.76. The van der Waals surface area contributed by atoms with E-state index in [4.69, 9.17) is 5.11 Å². The lowest BCUT2D eigenvalue weighted by Gasteiger charge is -2.27. The highest BCUT2D eigenvalue weighted by Crippen LogP contribution is 2.19. The van der Waals surface area contributed by atoms with E-state index >= 15 is 0 Å². The molecule has 1 heterocycles. The van der Waals surface area contributed by atoms with Crippen LogP contribution in [0.15, 0.2) is 18.2 Å². The van der Waals surface area contributed by atoms with Crippen molar-refractivity contribution in [3.8, 4) is 0 Å². The Morgan fingerprint density at radius 2 is 2.10 bits per heavy atom. The molecule has 2 rings (SSSR count). The van der Waals surface area contributed by atoms with Gasteiger partial charge in [0.25, 0.3) is 0 Å². The summed E-state index contributed by atoms with van der Waals surface area (Å²) in [5.41, 5.74) is -0.160. The molecule has 1 unspecified atom stereocenters. The summed E-state index contributed by atoms with van der Waals surface area (Å²) in [6, 6.07) is 3.42. The molecule has 1 aromatic rings. The van der Waals surface area contributed by atoms with Crippen molar-refractivity contribution >= 4 is 17.7 Å². The van der Waals surface area contributed by atoms with Crippen molar-refractivity contribution in [2.45, 2.75) is 38.6 Å². The van der Waals surface area contributed by atoms with Gasteiger partial charge in [-0.2, -0.15) is 0 Å². The molecule has 114 valence electrons. The fourth-order valence-corrected chi connectivity index (χ4v) is 2.54. The Morgan fingerprint density at radius 1 is 1.33 bits per heavy atom. The minimum atomic E-state index is -1.35. The Labute approximate surface area is 122 Å². The number of amides is 2.